The van der Waals surface area contributed by atoms with Crippen molar-refractivity contribution in [1.29, 1.82) is 0 Å². The normalized spacial score (nSPS) is 11.0. The minimum atomic E-state index is 0.823. The van der Waals surface area contributed by atoms with Crippen molar-refractivity contribution in [2.24, 2.45) is 0 Å². The van der Waals surface area contributed by atoms with Gasteiger partial charge >= 0.3 is 0 Å². The summed E-state index contributed by atoms with van der Waals surface area (Å²) in [6.07, 6.45) is 9.14. The molecule has 0 heterocycles. The van der Waals surface area contributed by atoms with E-state index in [1.165, 1.54) is 49.3 Å². The Bertz CT molecular complexity index is 568. The van der Waals surface area contributed by atoms with Gasteiger partial charge in [0.05, 0.1) is 6.61 Å². The summed E-state index contributed by atoms with van der Waals surface area (Å²) in [5, 5.41) is 3.61. The van der Waals surface area contributed by atoms with Crippen molar-refractivity contribution < 1.29 is 4.74 Å². The standard InChI is InChI=1S/C19H24Br2O/c20-12-6-4-2-1-3-5-7-13-22-19-11-9-16-14-18(21)10-8-17(16)15-19/h8-11,14-15H,1-7,12-13H2. The van der Waals surface area contributed by atoms with E-state index >= 15 is 0 Å². The molecule has 0 aliphatic rings. The van der Waals surface area contributed by atoms with Crippen LogP contribution in [0.2, 0.25) is 0 Å². The average molecular weight is 428 g/mol. The second-order valence-corrected chi connectivity index (χ2v) is 7.37. The third-order valence-corrected chi connectivity index (χ3v) is 4.87. The van der Waals surface area contributed by atoms with Crippen LogP contribution in [0, 0.1) is 0 Å². The molecule has 120 valence electrons. The lowest BCUT2D eigenvalue weighted by atomic mass is 10.1. The molecule has 2 rings (SSSR count). The van der Waals surface area contributed by atoms with Crippen molar-refractivity contribution in [3.8, 4) is 5.75 Å². The van der Waals surface area contributed by atoms with Crippen molar-refractivity contribution in [2.45, 2.75) is 44.9 Å². The van der Waals surface area contributed by atoms with E-state index < -0.39 is 0 Å². The first-order chi connectivity index (χ1) is 10.8. The molecule has 0 aliphatic carbocycles. The highest BCUT2D eigenvalue weighted by molar-refractivity contribution is 9.10. The highest BCUT2D eigenvalue weighted by Crippen LogP contribution is 2.24. The van der Waals surface area contributed by atoms with Gasteiger partial charge in [0.1, 0.15) is 5.75 Å². The molecular formula is C19H24Br2O. The topological polar surface area (TPSA) is 9.23 Å². The van der Waals surface area contributed by atoms with Crippen LogP contribution >= 0.6 is 31.9 Å². The molecule has 3 heteroatoms. The van der Waals surface area contributed by atoms with Crippen molar-refractivity contribution in [2.75, 3.05) is 11.9 Å². The van der Waals surface area contributed by atoms with Crippen LogP contribution in [0.1, 0.15) is 44.9 Å². The fourth-order valence-corrected chi connectivity index (χ4v) is 3.33. The Balaban J connectivity index is 1.64. The van der Waals surface area contributed by atoms with E-state index in [1.54, 1.807) is 0 Å². The lowest BCUT2D eigenvalue weighted by molar-refractivity contribution is 0.304. The van der Waals surface area contributed by atoms with Crippen molar-refractivity contribution >= 4 is 42.6 Å². The molecule has 0 amide bonds. The van der Waals surface area contributed by atoms with Crippen molar-refractivity contribution in [3.05, 3.63) is 40.9 Å². The number of halogens is 2. The fraction of sp³-hybridized carbons (Fsp3) is 0.474. The first-order valence-corrected chi connectivity index (χ1v) is 10.1. The maximum absolute atomic E-state index is 5.87. The van der Waals surface area contributed by atoms with E-state index in [0.717, 1.165) is 28.6 Å². The molecule has 1 nitrogen and oxygen atoms in total. The van der Waals surface area contributed by atoms with Gasteiger partial charge in [-0.3, -0.25) is 0 Å². The molecule has 0 N–H and O–H groups in total. The van der Waals surface area contributed by atoms with Crippen LogP contribution in [-0.2, 0) is 0 Å². The van der Waals surface area contributed by atoms with E-state index in [-0.39, 0.29) is 0 Å². The number of benzene rings is 2. The van der Waals surface area contributed by atoms with Crippen LogP contribution in [0.15, 0.2) is 40.9 Å². The summed E-state index contributed by atoms with van der Waals surface area (Å²) in [4.78, 5) is 0. The minimum Gasteiger partial charge on any atom is -0.494 e. The highest BCUT2D eigenvalue weighted by Gasteiger charge is 1.99. The maximum Gasteiger partial charge on any atom is 0.119 e. The fourth-order valence-electron chi connectivity index (χ4n) is 2.55. The Morgan fingerprint density at radius 3 is 2.14 bits per heavy atom. The summed E-state index contributed by atoms with van der Waals surface area (Å²) >= 11 is 6.98. The molecule has 2 aromatic rings. The summed E-state index contributed by atoms with van der Waals surface area (Å²) in [5.74, 6) is 0.979. The van der Waals surface area contributed by atoms with E-state index in [4.69, 9.17) is 4.74 Å². The number of unbranched alkanes of at least 4 members (excludes halogenated alkanes) is 6. The van der Waals surface area contributed by atoms with Gasteiger partial charge < -0.3 is 4.74 Å². The zero-order valence-corrected chi connectivity index (χ0v) is 16.2. The molecule has 0 fully saturated rings. The number of hydrogen-bond donors (Lipinski definition) is 0. The summed E-state index contributed by atoms with van der Waals surface area (Å²) in [7, 11) is 0. The van der Waals surface area contributed by atoms with Crippen molar-refractivity contribution in [3.63, 3.8) is 0 Å². The zero-order valence-electron chi connectivity index (χ0n) is 13.0. The van der Waals surface area contributed by atoms with Crippen LogP contribution in [0.5, 0.6) is 5.75 Å². The lowest BCUT2D eigenvalue weighted by Crippen LogP contribution is -1.97. The van der Waals surface area contributed by atoms with Crippen LogP contribution < -0.4 is 4.74 Å². The van der Waals surface area contributed by atoms with Gasteiger partial charge in [-0.15, -0.1) is 0 Å². The molecular weight excluding hydrogens is 404 g/mol. The van der Waals surface area contributed by atoms with Gasteiger partial charge in [0, 0.05) is 9.80 Å². The first-order valence-electron chi connectivity index (χ1n) is 8.18. The van der Waals surface area contributed by atoms with Crippen LogP contribution in [0.3, 0.4) is 0 Å². The van der Waals surface area contributed by atoms with E-state index in [9.17, 15) is 0 Å². The summed E-state index contributed by atoms with van der Waals surface area (Å²) in [6, 6.07) is 12.6. The maximum atomic E-state index is 5.87. The van der Waals surface area contributed by atoms with Gasteiger partial charge in [0.25, 0.3) is 0 Å². The molecule has 2 aromatic carbocycles. The molecule has 0 saturated heterocycles. The van der Waals surface area contributed by atoms with Gasteiger partial charge in [-0.2, -0.15) is 0 Å². The van der Waals surface area contributed by atoms with E-state index in [1.807, 2.05) is 0 Å². The molecule has 0 bridgehead atoms. The Morgan fingerprint density at radius 2 is 1.36 bits per heavy atom. The Labute approximate surface area is 150 Å². The van der Waals surface area contributed by atoms with E-state index in [0.29, 0.717) is 0 Å². The summed E-state index contributed by atoms with van der Waals surface area (Å²) < 4.78 is 6.99. The molecule has 0 aromatic heterocycles. The quantitative estimate of drug-likeness (QED) is 0.290. The second kappa shape index (κ2) is 10.3. The Morgan fingerprint density at radius 1 is 0.727 bits per heavy atom. The minimum absolute atomic E-state index is 0.823. The predicted molar refractivity (Wildman–Crippen MR) is 103 cm³/mol. The van der Waals surface area contributed by atoms with Crippen molar-refractivity contribution in [1.82, 2.24) is 0 Å². The Hall–Kier alpha value is -0.540. The van der Waals surface area contributed by atoms with Gasteiger partial charge in [-0.25, -0.2) is 0 Å². The number of fused-ring (bicyclic) bond motifs is 1. The van der Waals surface area contributed by atoms with Crippen LogP contribution in [0.25, 0.3) is 10.8 Å². The van der Waals surface area contributed by atoms with Gasteiger partial charge in [-0.05, 0) is 47.9 Å². The zero-order chi connectivity index (χ0) is 15.6. The number of ether oxygens (including phenoxy) is 1. The average Bonchev–Trinajstić information content (AvgIpc) is 2.53. The molecule has 0 saturated carbocycles. The largest absolute Gasteiger partial charge is 0.494 e. The lowest BCUT2D eigenvalue weighted by Gasteiger charge is -2.07. The van der Waals surface area contributed by atoms with Gasteiger partial charge in [0.2, 0.25) is 0 Å². The predicted octanol–water partition coefficient (Wildman–Crippen LogP) is 7.11. The third kappa shape index (κ3) is 6.29. The SMILES string of the molecule is BrCCCCCCCCCOc1ccc2cc(Br)ccc2c1. The summed E-state index contributed by atoms with van der Waals surface area (Å²) in [6.45, 7) is 0.823. The highest BCUT2D eigenvalue weighted by atomic mass is 79.9. The first kappa shape index (κ1) is 17.8. The molecule has 0 spiro atoms. The number of alkyl halides is 1. The third-order valence-electron chi connectivity index (χ3n) is 3.82. The summed E-state index contributed by atoms with van der Waals surface area (Å²) in [5.41, 5.74) is 0. The number of hydrogen-bond acceptors (Lipinski definition) is 1. The van der Waals surface area contributed by atoms with E-state index in [2.05, 4.69) is 68.3 Å². The van der Waals surface area contributed by atoms with Gasteiger partial charge in [-0.1, -0.05) is 76.1 Å². The molecule has 0 unspecified atom stereocenters. The number of rotatable bonds is 10. The Kier molecular flexibility index (Phi) is 8.32. The molecule has 22 heavy (non-hydrogen) atoms. The monoisotopic (exact) mass is 426 g/mol. The second-order valence-electron chi connectivity index (χ2n) is 5.67. The molecule has 0 atom stereocenters. The molecule has 0 aliphatic heterocycles. The van der Waals surface area contributed by atoms with Crippen LogP contribution in [0.4, 0.5) is 0 Å². The van der Waals surface area contributed by atoms with Gasteiger partial charge in [0.15, 0.2) is 0 Å². The van der Waals surface area contributed by atoms with Crippen LogP contribution in [-0.4, -0.2) is 11.9 Å². The molecule has 0 radical (unpaired) electrons. The smallest absolute Gasteiger partial charge is 0.119 e.